The van der Waals surface area contributed by atoms with Gasteiger partial charge in [0.05, 0.1) is 33.8 Å². The van der Waals surface area contributed by atoms with Crippen LogP contribution in [0.25, 0.3) is 0 Å². The van der Waals surface area contributed by atoms with Crippen molar-refractivity contribution in [1.29, 1.82) is 0 Å². The van der Waals surface area contributed by atoms with Gasteiger partial charge in [-0.05, 0) is 17.7 Å². The number of nitrogens with one attached hydrogen (secondary N) is 1. The van der Waals surface area contributed by atoms with E-state index in [1.54, 1.807) is 21.3 Å². The Kier molecular flexibility index (Phi) is 3.67. The predicted molar refractivity (Wildman–Crippen MR) is 90.9 cm³/mol. The first kappa shape index (κ1) is 15.6. The second-order valence-electron chi connectivity index (χ2n) is 6.09. The molecule has 25 heavy (non-hydrogen) atoms. The number of hydrogen-bond donors (Lipinski definition) is 1. The maximum Gasteiger partial charge on any atom is 0.224 e. The van der Waals surface area contributed by atoms with Crippen molar-refractivity contribution in [3.05, 3.63) is 41.0 Å². The SMILES string of the molecule is COc1cc2c(cc1OC)Oc1c(OC)ccc3c1C(C2)NC(=O)C3. The molecule has 0 radical (unpaired) electrons. The largest absolute Gasteiger partial charge is 0.493 e. The standard InChI is InChI=1S/C19H19NO5/c1-22-13-5-4-10-8-17(21)20-12-6-11-7-15(23-2)16(24-3)9-14(11)25-19(13)18(10)12/h4-5,7,9,12H,6,8H2,1-3H3,(H,20,21). The Morgan fingerprint density at radius 2 is 1.72 bits per heavy atom. The number of fused-ring (bicyclic) bond motifs is 1. The van der Waals surface area contributed by atoms with Crippen LogP contribution in [-0.4, -0.2) is 27.2 Å². The van der Waals surface area contributed by atoms with Crippen molar-refractivity contribution in [1.82, 2.24) is 5.32 Å². The van der Waals surface area contributed by atoms with Crippen molar-refractivity contribution in [3.63, 3.8) is 0 Å². The molecule has 6 nitrogen and oxygen atoms in total. The highest BCUT2D eigenvalue weighted by molar-refractivity contribution is 5.83. The molecule has 0 fully saturated rings. The second-order valence-corrected chi connectivity index (χ2v) is 6.09. The minimum atomic E-state index is -0.166. The number of rotatable bonds is 3. The van der Waals surface area contributed by atoms with Crippen LogP contribution in [0.3, 0.4) is 0 Å². The van der Waals surface area contributed by atoms with Crippen molar-refractivity contribution >= 4 is 5.91 Å². The molecule has 4 rings (SSSR count). The number of ether oxygens (including phenoxy) is 4. The molecule has 130 valence electrons. The van der Waals surface area contributed by atoms with Crippen molar-refractivity contribution in [2.45, 2.75) is 18.9 Å². The van der Waals surface area contributed by atoms with Gasteiger partial charge in [0.2, 0.25) is 5.91 Å². The zero-order valence-corrected chi connectivity index (χ0v) is 14.3. The predicted octanol–water partition coefficient (Wildman–Crippen LogP) is 2.77. The highest BCUT2D eigenvalue weighted by Crippen LogP contribution is 2.48. The molecule has 6 heteroatoms. The summed E-state index contributed by atoms with van der Waals surface area (Å²) in [4.78, 5) is 12.1. The lowest BCUT2D eigenvalue weighted by Gasteiger charge is -2.27. The number of carbonyl (C=O) groups excluding carboxylic acids is 1. The van der Waals surface area contributed by atoms with E-state index >= 15 is 0 Å². The zero-order valence-electron chi connectivity index (χ0n) is 14.3. The third-order valence-corrected chi connectivity index (χ3v) is 4.71. The highest BCUT2D eigenvalue weighted by Gasteiger charge is 2.34. The molecule has 2 aromatic rings. The summed E-state index contributed by atoms with van der Waals surface area (Å²) in [5.41, 5.74) is 2.89. The van der Waals surface area contributed by atoms with Crippen LogP contribution >= 0.6 is 0 Å². The maximum absolute atomic E-state index is 12.1. The molecule has 0 saturated carbocycles. The summed E-state index contributed by atoms with van der Waals surface area (Å²) in [6.07, 6.45) is 0.948. The Hall–Kier alpha value is -2.89. The number of benzene rings is 2. The molecule has 0 spiro atoms. The van der Waals surface area contributed by atoms with Crippen molar-refractivity contribution in [2.24, 2.45) is 0 Å². The van der Waals surface area contributed by atoms with Gasteiger partial charge < -0.3 is 24.3 Å². The summed E-state index contributed by atoms with van der Waals surface area (Å²) in [7, 11) is 4.79. The van der Waals surface area contributed by atoms with Crippen molar-refractivity contribution in [3.8, 4) is 28.7 Å². The summed E-state index contributed by atoms with van der Waals surface area (Å²) in [6, 6.07) is 7.32. The second kappa shape index (κ2) is 5.88. The average Bonchev–Trinajstić information content (AvgIpc) is 2.77. The van der Waals surface area contributed by atoms with Gasteiger partial charge in [0, 0.05) is 23.6 Å². The van der Waals surface area contributed by atoms with Crippen LogP contribution in [0.15, 0.2) is 24.3 Å². The Balaban J connectivity index is 1.92. The first-order valence-electron chi connectivity index (χ1n) is 8.06. The van der Waals surface area contributed by atoms with Gasteiger partial charge in [0.1, 0.15) is 5.75 Å². The van der Waals surface area contributed by atoms with E-state index in [9.17, 15) is 4.79 Å². The Labute approximate surface area is 145 Å². The van der Waals surface area contributed by atoms with Gasteiger partial charge >= 0.3 is 0 Å². The summed E-state index contributed by atoms with van der Waals surface area (Å²) in [5.74, 6) is 3.20. The lowest BCUT2D eigenvalue weighted by Crippen LogP contribution is -2.36. The van der Waals surface area contributed by atoms with Gasteiger partial charge in [0.15, 0.2) is 23.0 Å². The van der Waals surface area contributed by atoms with Crippen LogP contribution in [0.1, 0.15) is 22.7 Å². The molecule has 2 aliphatic heterocycles. The summed E-state index contributed by atoms with van der Waals surface area (Å²) >= 11 is 0. The van der Waals surface area contributed by atoms with Gasteiger partial charge in [-0.3, -0.25) is 4.79 Å². The lowest BCUT2D eigenvalue weighted by atomic mass is 9.89. The molecular weight excluding hydrogens is 322 g/mol. The first-order chi connectivity index (χ1) is 12.1. The molecule has 2 aromatic carbocycles. The quantitative estimate of drug-likeness (QED) is 0.930. The molecule has 1 N–H and O–H groups in total. The molecule has 1 unspecified atom stereocenters. The number of amides is 1. The highest BCUT2D eigenvalue weighted by atomic mass is 16.5. The van der Waals surface area contributed by atoms with E-state index in [0.717, 1.165) is 16.7 Å². The third kappa shape index (κ3) is 2.45. The minimum Gasteiger partial charge on any atom is -0.493 e. The van der Waals surface area contributed by atoms with E-state index in [-0.39, 0.29) is 11.9 Å². The molecule has 0 saturated heterocycles. The smallest absolute Gasteiger partial charge is 0.224 e. The van der Waals surface area contributed by atoms with E-state index in [1.165, 1.54) is 0 Å². The van der Waals surface area contributed by atoms with E-state index in [2.05, 4.69) is 5.32 Å². The van der Waals surface area contributed by atoms with Gasteiger partial charge in [0.25, 0.3) is 0 Å². The molecule has 0 aliphatic carbocycles. The maximum atomic E-state index is 12.1. The first-order valence-corrected chi connectivity index (χ1v) is 8.06. The number of methoxy groups -OCH3 is 3. The topological polar surface area (TPSA) is 66.0 Å². The van der Waals surface area contributed by atoms with Crippen LogP contribution in [0.2, 0.25) is 0 Å². The van der Waals surface area contributed by atoms with E-state index in [4.69, 9.17) is 18.9 Å². The average molecular weight is 341 g/mol. The van der Waals surface area contributed by atoms with E-state index < -0.39 is 0 Å². The Bertz CT molecular complexity index is 861. The molecule has 0 bridgehead atoms. The van der Waals surface area contributed by atoms with Gasteiger partial charge in [-0.25, -0.2) is 0 Å². The van der Waals surface area contributed by atoms with Gasteiger partial charge in [-0.1, -0.05) is 6.07 Å². The fraction of sp³-hybridized carbons (Fsp3) is 0.316. The minimum absolute atomic E-state index is 0.0116. The third-order valence-electron chi connectivity index (χ3n) is 4.71. The summed E-state index contributed by atoms with van der Waals surface area (Å²) < 4.78 is 22.5. The molecule has 2 aliphatic rings. The summed E-state index contributed by atoms with van der Waals surface area (Å²) in [6.45, 7) is 0. The molecule has 2 heterocycles. The number of carbonyl (C=O) groups is 1. The van der Waals surface area contributed by atoms with Gasteiger partial charge in [-0.2, -0.15) is 0 Å². The summed E-state index contributed by atoms with van der Waals surface area (Å²) in [5, 5.41) is 3.07. The van der Waals surface area contributed by atoms with Crippen molar-refractivity contribution in [2.75, 3.05) is 21.3 Å². The van der Waals surface area contributed by atoms with Crippen LogP contribution in [0.5, 0.6) is 28.7 Å². The molecular formula is C19H19NO5. The zero-order chi connectivity index (χ0) is 17.6. The van der Waals surface area contributed by atoms with Crippen LogP contribution in [0.4, 0.5) is 0 Å². The van der Waals surface area contributed by atoms with E-state index in [1.807, 2.05) is 24.3 Å². The van der Waals surface area contributed by atoms with Crippen LogP contribution < -0.4 is 24.3 Å². The lowest BCUT2D eigenvalue weighted by molar-refractivity contribution is -0.121. The fourth-order valence-electron chi connectivity index (χ4n) is 3.55. The normalized spacial score (nSPS) is 17.4. The van der Waals surface area contributed by atoms with Crippen LogP contribution in [-0.2, 0) is 17.6 Å². The molecule has 0 aromatic heterocycles. The van der Waals surface area contributed by atoms with Crippen molar-refractivity contribution < 1.29 is 23.7 Å². The monoisotopic (exact) mass is 341 g/mol. The molecule has 1 amide bonds. The number of hydrogen-bond acceptors (Lipinski definition) is 5. The Morgan fingerprint density at radius 3 is 2.44 bits per heavy atom. The Morgan fingerprint density at radius 1 is 1.00 bits per heavy atom. The van der Waals surface area contributed by atoms with Crippen LogP contribution in [0, 0.1) is 0 Å². The molecule has 1 atom stereocenters. The van der Waals surface area contributed by atoms with E-state index in [0.29, 0.717) is 41.6 Å². The fourth-order valence-corrected chi connectivity index (χ4v) is 3.55. The van der Waals surface area contributed by atoms with Gasteiger partial charge in [-0.15, -0.1) is 0 Å².